The second-order valence-corrected chi connectivity index (χ2v) is 2.84. The molecule has 0 fully saturated rings. The minimum atomic E-state index is -2.85. The van der Waals surface area contributed by atoms with Crippen LogP contribution in [-0.4, -0.2) is 8.42 Å². The van der Waals surface area contributed by atoms with E-state index in [0.717, 1.165) is 6.26 Å². The Morgan fingerprint density at radius 2 is 2.33 bits per heavy atom. The molecule has 0 atom stereocenters. The highest BCUT2D eigenvalue weighted by molar-refractivity contribution is 7.67. The van der Waals surface area contributed by atoms with Gasteiger partial charge >= 0.3 is 0 Å². The molecule has 66 valence electrons. The van der Waals surface area contributed by atoms with E-state index in [9.17, 15) is 8.42 Å². The zero-order valence-electron chi connectivity index (χ0n) is 6.61. The number of hydrogen-bond acceptors (Lipinski definition) is 4. The number of rotatable bonds is 4. The van der Waals surface area contributed by atoms with Gasteiger partial charge in [0.25, 0.3) is 11.0 Å². The second kappa shape index (κ2) is 5.38. The van der Waals surface area contributed by atoms with E-state index < -0.39 is 11.0 Å². The molecule has 0 saturated heterocycles. The third kappa shape index (κ3) is 5.50. The lowest BCUT2D eigenvalue weighted by Gasteiger charge is -1.95. The molecule has 0 spiro atoms. The van der Waals surface area contributed by atoms with Gasteiger partial charge in [0.05, 0.1) is 6.07 Å². The van der Waals surface area contributed by atoms with E-state index in [0.29, 0.717) is 17.6 Å². The topological polar surface area (TPSA) is 67.2 Å². The molecular weight excluding hydrogens is 178 g/mol. The number of hydrogen-bond donors (Lipinski definition) is 1. The third-order valence-corrected chi connectivity index (χ3v) is 1.27. The molecule has 0 rings (SSSR count). The molecule has 0 saturated carbocycles. The lowest BCUT2D eigenvalue weighted by atomic mass is 10.1. The van der Waals surface area contributed by atoms with Crippen LogP contribution in [0, 0.1) is 11.3 Å². The van der Waals surface area contributed by atoms with E-state index in [-0.39, 0.29) is 0 Å². The molecule has 0 N–H and O–H groups in total. The van der Waals surface area contributed by atoms with Gasteiger partial charge in [-0.2, -0.15) is 13.7 Å². The number of nitriles is 1. The van der Waals surface area contributed by atoms with Crippen molar-refractivity contribution in [1.82, 2.24) is 0 Å². The van der Waals surface area contributed by atoms with Gasteiger partial charge in [-0.3, -0.25) is 0 Å². The summed E-state index contributed by atoms with van der Waals surface area (Å²) in [5.41, 5.74) is 1.01. The summed E-state index contributed by atoms with van der Waals surface area (Å²) < 4.78 is 24.1. The molecule has 0 aliphatic carbocycles. The number of thiol groups is 1. The average Bonchev–Trinajstić information content (AvgIpc) is 2.00. The van der Waals surface area contributed by atoms with E-state index >= 15 is 0 Å². The summed E-state index contributed by atoms with van der Waals surface area (Å²) in [5.74, 6) is 0. The summed E-state index contributed by atoms with van der Waals surface area (Å²) in [6.07, 6.45) is 1.42. The Balaban J connectivity index is 4.04. The van der Waals surface area contributed by atoms with Crippen molar-refractivity contribution in [2.45, 2.75) is 13.3 Å². The molecule has 0 bridgehead atoms. The molecule has 5 heteroatoms. The summed E-state index contributed by atoms with van der Waals surface area (Å²) in [7, 11) is -2.85. The van der Waals surface area contributed by atoms with Gasteiger partial charge in [0.15, 0.2) is 0 Å². The smallest absolute Gasteiger partial charge is 0.298 e. The van der Waals surface area contributed by atoms with Crippen molar-refractivity contribution in [3.8, 4) is 6.07 Å². The molecule has 0 aromatic rings. The fraction of sp³-hybridized carbons (Fsp3) is 0.286. The van der Waals surface area contributed by atoms with E-state index in [4.69, 9.17) is 5.26 Å². The van der Waals surface area contributed by atoms with Gasteiger partial charge in [0.1, 0.15) is 6.26 Å². The lowest BCUT2D eigenvalue weighted by molar-refractivity contribution is 0.462. The quantitative estimate of drug-likeness (QED) is 0.403. The molecule has 0 heterocycles. The van der Waals surface area contributed by atoms with Crippen LogP contribution in [-0.2, 0) is 15.2 Å². The molecule has 0 aromatic heterocycles. The normalized spacial score (nSPS) is 10.9. The zero-order valence-corrected chi connectivity index (χ0v) is 7.51. The fourth-order valence-corrected chi connectivity index (χ4v) is 0.817. The Bertz CT molecular complexity index is 301. The minimum absolute atomic E-state index is 0.333. The summed E-state index contributed by atoms with van der Waals surface area (Å²) in [5, 5.41) is 8.32. The third-order valence-electron chi connectivity index (χ3n) is 0.990. The first-order valence-corrected chi connectivity index (χ1v) is 4.20. The molecule has 0 amide bonds. The summed E-state index contributed by atoms with van der Waals surface area (Å²) in [6, 6.07) is 1.84. The van der Waals surface area contributed by atoms with Crippen molar-refractivity contribution in [2.75, 3.05) is 0 Å². The monoisotopic (exact) mass is 187 g/mol. The van der Waals surface area contributed by atoms with Gasteiger partial charge in [-0.15, -0.1) is 0 Å². The average molecular weight is 187 g/mol. The van der Waals surface area contributed by atoms with Crippen LogP contribution in [0.2, 0.25) is 0 Å². The molecule has 12 heavy (non-hydrogen) atoms. The maximum absolute atomic E-state index is 9.94. The number of nitrogens with zero attached hydrogens (tertiary/aromatic N) is 1. The Hall–Kier alpha value is -1.28. The van der Waals surface area contributed by atoms with Crippen LogP contribution < -0.4 is 0 Å². The molecule has 0 aliphatic rings. The summed E-state index contributed by atoms with van der Waals surface area (Å²) in [4.78, 5) is 0. The van der Waals surface area contributed by atoms with Crippen LogP contribution in [0.5, 0.6) is 0 Å². The first kappa shape index (κ1) is 10.7. The van der Waals surface area contributed by atoms with Crippen LogP contribution in [0.25, 0.3) is 0 Å². The predicted molar refractivity (Wildman–Crippen MR) is 44.5 cm³/mol. The highest BCUT2D eigenvalue weighted by Crippen LogP contribution is 2.06. The van der Waals surface area contributed by atoms with Crippen LogP contribution in [0.1, 0.15) is 13.3 Å². The first-order chi connectivity index (χ1) is 5.56. The largest absolute Gasteiger partial charge is 0.392 e. The van der Waals surface area contributed by atoms with E-state index in [1.165, 1.54) is 0 Å². The molecule has 0 aliphatic heterocycles. The van der Waals surface area contributed by atoms with Gasteiger partial charge in [-0.05, 0) is 12.5 Å². The molecule has 0 aromatic carbocycles. The predicted octanol–water partition coefficient (Wildman–Crippen LogP) is 0.903. The zero-order chi connectivity index (χ0) is 9.56. The first-order valence-electron chi connectivity index (χ1n) is 3.11. The highest BCUT2D eigenvalue weighted by Gasteiger charge is 1.94. The number of allylic oxidation sites excluding steroid dienone is 2. The van der Waals surface area contributed by atoms with E-state index in [1.54, 1.807) is 6.92 Å². The minimum Gasteiger partial charge on any atom is -0.392 e. The SMILES string of the molecule is C=C(C#N)CC(C)=CO[SH](=O)=O. The van der Waals surface area contributed by atoms with Crippen molar-refractivity contribution in [1.29, 1.82) is 5.26 Å². The van der Waals surface area contributed by atoms with Crippen molar-refractivity contribution in [3.05, 3.63) is 24.0 Å². The maximum Gasteiger partial charge on any atom is 0.298 e. The lowest BCUT2D eigenvalue weighted by Crippen LogP contribution is -1.83. The fourth-order valence-electron chi connectivity index (χ4n) is 0.551. The van der Waals surface area contributed by atoms with Gasteiger partial charge in [-0.25, -0.2) is 0 Å². The van der Waals surface area contributed by atoms with Crippen molar-refractivity contribution < 1.29 is 12.6 Å². The Morgan fingerprint density at radius 3 is 2.75 bits per heavy atom. The summed E-state index contributed by atoms with van der Waals surface area (Å²) in [6.45, 7) is 5.09. The molecule has 0 radical (unpaired) electrons. The maximum atomic E-state index is 9.94. The molecule has 4 nitrogen and oxygen atoms in total. The Labute approximate surface area is 72.9 Å². The van der Waals surface area contributed by atoms with E-state index in [2.05, 4.69) is 10.8 Å². The summed E-state index contributed by atoms with van der Waals surface area (Å²) >= 11 is 0. The Morgan fingerprint density at radius 1 is 1.75 bits per heavy atom. The molecule has 0 unspecified atom stereocenters. The van der Waals surface area contributed by atoms with Crippen molar-refractivity contribution >= 4 is 11.0 Å². The van der Waals surface area contributed by atoms with Gasteiger partial charge < -0.3 is 4.18 Å². The molecular formula is C7H9NO3S. The van der Waals surface area contributed by atoms with Crippen LogP contribution in [0.3, 0.4) is 0 Å². The van der Waals surface area contributed by atoms with Gasteiger partial charge in [0, 0.05) is 12.0 Å². The van der Waals surface area contributed by atoms with Crippen LogP contribution in [0.4, 0.5) is 0 Å². The van der Waals surface area contributed by atoms with E-state index in [1.807, 2.05) is 6.07 Å². The highest BCUT2D eigenvalue weighted by atomic mass is 32.2. The Kier molecular flexibility index (Phi) is 4.81. The van der Waals surface area contributed by atoms with Crippen molar-refractivity contribution in [2.24, 2.45) is 0 Å². The van der Waals surface area contributed by atoms with Crippen molar-refractivity contribution in [3.63, 3.8) is 0 Å². The van der Waals surface area contributed by atoms with Crippen LogP contribution in [0.15, 0.2) is 24.0 Å². The van der Waals surface area contributed by atoms with Crippen LogP contribution >= 0.6 is 0 Å². The second-order valence-electron chi connectivity index (χ2n) is 2.19. The van der Waals surface area contributed by atoms with Gasteiger partial charge in [0.2, 0.25) is 0 Å². The van der Waals surface area contributed by atoms with Gasteiger partial charge in [-0.1, -0.05) is 6.58 Å². The standard InChI is InChI=1S/C7H9NO3S/c1-6(4-8)3-7(2)5-11-12(9)10/h5,12H,1,3H2,2H3.